The van der Waals surface area contributed by atoms with Crippen molar-refractivity contribution < 1.29 is 18.3 Å². The quantitative estimate of drug-likeness (QED) is 0.178. The summed E-state index contributed by atoms with van der Waals surface area (Å²) in [5, 5.41) is 3.09. The molecule has 0 saturated carbocycles. The minimum Gasteiger partial charge on any atom is -0.466 e. The fraction of sp³-hybridized carbons (Fsp3) is 0.136. The van der Waals surface area contributed by atoms with Gasteiger partial charge in [-0.15, -0.1) is 0 Å². The average Bonchev–Trinajstić information content (AvgIpc) is 3.66. The van der Waals surface area contributed by atoms with Gasteiger partial charge in [0.1, 0.15) is 39.7 Å². The van der Waals surface area contributed by atoms with Crippen LogP contribution in [-0.2, 0) is 18.3 Å². The Labute approximate surface area is 289 Å². The summed E-state index contributed by atoms with van der Waals surface area (Å²) >= 11 is 0. The highest BCUT2D eigenvalue weighted by molar-refractivity contribution is 6.98. The molecule has 11 rings (SSSR count). The fourth-order valence-corrected chi connectivity index (χ4v) is 8.16. The lowest BCUT2D eigenvalue weighted by Crippen LogP contribution is -2.57. The van der Waals surface area contributed by atoms with Crippen molar-refractivity contribution in [3.05, 3.63) is 132 Å². The van der Waals surface area contributed by atoms with E-state index in [9.17, 15) is 0 Å². The molecule has 2 aromatic heterocycles. The number of benzene rings is 6. The molecule has 0 saturated heterocycles. The summed E-state index contributed by atoms with van der Waals surface area (Å²) in [7, 11) is 0. The number of ether oxygens (including phenoxy) is 2. The molecule has 0 radical (unpaired) electrons. The highest BCUT2D eigenvalue weighted by atomic mass is 16.5. The average molecular weight is 650 g/mol. The van der Waals surface area contributed by atoms with Crippen molar-refractivity contribution in [1.82, 2.24) is 0 Å². The van der Waals surface area contributed by atoms with Crippen LogP contribution in [0.5, 0.6) is 23.0 Å². The van der Waals surface area contributed by atoms with E-state index in [1.54, 1.807) is 0 Å². The zero-order valence-electron chi connectivity index (χ0n) is 28.0. The Bertz CT molecular complexity index is 2660. The van der Waals surface area contributed by atoms with E-state index in [1.165, 1.54) is 16.7 Å². The number of hydrogen-bond acceptors (Lipinski definition) is 5. The Morgan fingerprint density at radius 1 is 0.580 bits per heavy atom. The molecule has 50 heavy (non-hydrogen) atoms. The summed E-state index contributed by atoms with van der Waals surface area (Å²) in [5.74, 6) is 3.44. The standard InChI is InChI=1S/C44H32BNO4/c1-44(2,3)26-15-19-35-33(21-26)42-43(50-35)45-34-24-37-32(23-38(34)48-41-30-17-14-25(30)20-39(49-42)40(41)45)31-18-16-29(22-36(31)47-37)46(27-10-6-4-7-11-27)28-12-8-5-9-13-28/h4-13,15-16,18-24H,14,17H2,1-3H3. The molecule has 0 bridgehead atoms. The van der Waals surface area contributed by atoms with Crippen molar-refractivity contribution in [1.29, 1.82) is 0 Å². The number of nitrogens with zero attached hydrogens (tertiary/aromatic N) is 1. The summed E-state index contributed by atoms with van der Waals surface area (Å²) in [6.45, 7) is 6.53. The van der Waals surface area contributed by atoms with Gasteiger partial charge in [0.05, 0.1) is 5.39 Å². The van der Waals surface area contributed by atoms with Crippen LogP contribution in [0.3, 0.4) is 0 Å². The molecule has 0 N–H and O–H groups in total. The van der Waals surface area contributed by atoms with Crippen LogP contribution in [0.1, 0.15) is 37.5 Å². The lowest BCUT2D eigenvalue weighted by Gasteiger charge is -2.35. The third kappa shape index (κ3) is 3.90. The van der Waals surface area contributed by atoms with Crippen LogP contribution >= 0.6 is 0 Å². The second-order valence-corrected chi connectivity index (χ2v) is 14.8. The van der Waals surface area contributed by atoms with E-state index in [2.05, 4.69) is 129 Å². The van der Waals surface area contributed by atoms with Gasteiger partial charge in [-0.3, -0.25) is 0 Å². The van der Waals surface area contributed by atoms with Crippen molar-refractivity contribution in [2.45, 2.75) is 39.0 Å². The molecule has 1 aliphatic carbocycles. The predicted molar refractivity (Wildman–Crippen MR) is 202 cm³/mol. The highest BCUT2D eigenvalue weighted by Gasteiger charge is 2.46. The Morgan fingerprint density at radius 3 is 2.04 bits per heavy atom. The predicted octanol–water partition coefficient (Wildman–Crippen LogP) is 9.93. The summed E-state index contributed by atoms with van der Waals surface area (Å²) in [4.78, 5) is 2.26. The Balaban J connectivity index is 1.11. The Morgan fingerprint density at radius 2 is 1.32 bits per heavy atom. The lowest BCUT2D eigenvalue weighted by molar-refractivity contribution is 0.451. The molecule has 4 heterocycles. The summed E-state index contributed by atoms with van der Waals surface area (Å²) in [6.07, 6.45) is 2.03. The van der Waals surface area contributed by atoms with E-state index in [0.717, 1.165) is 102 Å². The zero-order chi connectivity index (χ0) is 33.3. The molecular weight excluding hydrogens is 617 g/mol. The maximum Gasteiger partial charge on any atom is 0.305 e. The number of anilines is 3. The summed E-state index contributed by atoms with van der Waals surface area (Å²) < 4.78 is 27.1. The van der Waals surface area contributed by atoms with E-state index in [1.807, 2.05) is 12.1 Å². The zero-order valence-corrected chi connectivity index (χ0v) is 28.0. The maximum atomic E-state index is 6.87. The molecule has 3 aliphatic rings. The smallest absolute Gasteiger partial charge is 0.305 e. The van der Waals surface area contributed by atoms with E-state index >= 15 is 0 Å². The second kappa shape index (κ2) is 9.85. The first-order valence-electron chi connectivity index (χ1n) is 17.4. The SMILES string of the molecule is CC(C)(C)c1ccc2oc3c(c2c1)Oc1cc2c(c4c1B3c1cc3oc5cc(N(c6ccccc6)c6ccccc6)ccc5c3cc1O4)CC2. The Hall–Kier alpha value is -5.88. The third-order valence-corrected chi connectivity index (χ3v) is 10.8. The molecule has 240 valence electrons. The molecule has 6 aromatic carbocycles. The molecule has 0 fully saturated rings. The van der Waals surface area contributed by atoms with Crippen molar-refractivity contribution in [3.8, 4) is 23.0 Å². The van der Waals surface area contributed by atoms with Crippen molar-refractivity contribution in [2.75, 3.05) is 4.90 Å². The van der Waals surface area contributed by atoms with Gasteiger partial charge >= 0.3 is 6.71 Å². The molecule has 5 nitrogen and oxygen atoms in total. The number of aryl methyl sites for hydroxylation is 1. The summed E-state index contributed by atoms with van der Waals surface area (Å²) in [5.41, 5.74) is 12.4. The number of para-hydroxylation sites is 2. The molecule has 0 spiro atoms. The number of hydrogen-bond donors (Lipinski definition) is 0. The highest BCUT2D eigenvalue weighted by Crippen LogP contribution is 2.46. The first kappa shape index (κ1) is 28.0. The lowest BCUT2D eigenvalue weighted by atomic mass is 9.36. The van der Waals surface area contributed by atoms with Gasteiger partial charge < -0.3 is 23.2 Å². The molecule has 0 unspecified atom stereocenters. The van der Waals surface area contributed by atoms with Crippen molar-refractivity contribution >= 4 is 73.3 Å². The summed E-state index contributed by atoms with van der Waals surface area (Å²) in [6, 6.07) is 40.4. The second-order valence-electron chi connectivity index (χ2n) is 14.8. The minimum absolute atomic E-state index is 0.00173. The van der Waals surface area contributed by atoms with Gasteiger partial charge in [-0.1, -0.05) is 63.2 Å². The van der Waals surface area contributed by atoms with Crippen molar-refractivity contribution in [3.63, 3.8) is 0 Å². The van der Waals surface area contributed by atoms with Crippen LogP contribution in [0.25, 0.3) is 32.9 Å². The van der Waals surface area contributed by atoms with Crippen LogP contribution in [0.4, 0.5) is 17.1 Å². The molecule has 8 aromatic rings. The largest absolute Gasteiger partial charge is 0.466 e. The van der Waals surface area contributed by atoms with Crippen LogP contribution in [0, 0.1) is 0 Å². The van der Waals surface area contributed by atoms with E-state index in [-0.39, 0.29) is 12.1 Å². The third-order valence-electron chi connectivity index (χ3n) is 10.8. The minimum atomic E-state index is -0.177. The van der Waals surface area contributed by atoms with Crippen molar-refractivity contribution in [2.24, 2.45) is 0 Å². The molecular formula is C44H32BNO4. The number of furan rings is 2. The molecule has 0 amide bonds. The van der Waals surface area contributed by atoms with Gasteiger partial charge in [0, 0.05) is 39.4 Å². The van der Waals surface area contributed by atoms with Gasteiger partial charge in [-0.2, -0.15) is 0 Å². The van der Waals surface area contributed by atoms with Gasteiger partial charge in [0.2, 0.25) is 0 Å². The van der Waals surface area contributed by atoms with E-state index < -0.39 is 0 Å². The van der Waals surface area contributed by atoms with Gasteiger partial charge in [-0.25, -0.2) is 0 Å². The van der Waals surface area contributed by atoms with Gasteiger partial charge in [0.25, 0.3) is 0 Å². The normalized spacial score (nSPS) is 14.0. The van der Waals surface area contributed by atoms with Crippen LogP contribution in [0.15, 0.2) is 124 Å². The Kier molecular flexibility index (Phi) is 5.52. The van der Waals surface area contributed by atoms with Crippen LogP contribution in [-0.4, -0.2) is 6.71 Å². The topological polar surface area (TPSA) is 48.0 Å². The van der Waals surface area contributed by atoms with E-state index in [0.29, 0.717) is 0 Å². The molecule has 6 heteroatoms. The monoisotopic (exact) mass is 649 g/mol. The van der Waals surface area contributed by atoms with Crippen LogP contribution in [0.2, 0.25) is 0 Å². The number of rotatable bonds is 3. The fourth-order valence-electron chi connectivity index (χ4n) is 8.16. The first-order chi connectivity index (χ1) is 24.4. The van der Waals surface area contributed by atoms with E-state index in [4.69, 9.17) is 18.3 Å². The van der Waals surface area contributed by atoms with Crippen LogP contribution < -0.4 is 31.0 Å². The maximum absolute atomic E-state index is 6.87. The first-order valence-corrected chi connectivity index (χ1v) is 17.4. The van der Waals surface area contributed by atoms with Gasteiger partial charge in [0.15, 0.2) is 5.75 Å². The van der Waals surface area contributed by atoms with Gasteiger partial charge in [-0.05, 0) is 107 Å². The molecule has 2 aliphatic heterocycles. The number of fused-ring (bicyclic) bond motifs is 11. The molecule has 0 atom stereocenters.